The summed E-state index contributed by atoms with van der Waals surface area (Å²) in [7, 11) is -0.640. The fraction of sp³-hybridized carbons (Fsp3) is 0.208. The van der Waals surface area contributed by atoms with E-state index in [-0.39, 0.29) is 24.0 Å². The summed E-state index contributed by atoms with van der Waals surface area (Å²) < 4.78 is 31.9. The fourth-order valence-corrected chi connectivity index (χ4v) is 4.21. The van der Waals surface area contributed by atoms with Crippen LogP contribution >= 0.6 is 0 Å². The SMILES string of the molecule is CN(C)S(=O)(=O)c1ccccc1CNC(=O)COc1ccccc1Cc1ccccc1. The van der Waals surface area contributed by atoms with Crippen LogP contribution in [0.2, 0.25) is 0 Å². The van der Waals surface area contributed by atoms with E-state index in [1.165, 1.54) is 20.2 Å². The minimum atomic E-state index is -3.60. The smallest absolute Gasteiger partial charge is 0.258 e. The van der Waals surface area contributed by atoms with Gasteiger partial charge in [0.25, 0.3) is 5.91 Å². The van der Waals surface area contributed by atoms with Crippen molar-refractivity contribution < 1.29 is 17.9 Å². The van der Waals surface area contributed by atoms with Crippen LogP contribution in [0, 0.1) is 0 Å². The van der Waals surface area contributed by atoms with E-state index in [1.807, 2.05) is 54.6 Å². The quantitative estimate of drug-likeness (QED) is 0.557. The molecular formula is C24H26N2O4S. The van der Waals surface area contributed by atoms with Gasteiger partial charge in [0.15, 0.2) is 6.61 Å². The molecule has 162 valence electrons. The monoisotopic (exact) mass is 438 g/mol. The number of nitrogens with zero attached hydrogens (tertiary/aromatic N) is 1. The Kier molecular flexibility index (Phi) is 7.44. The van der Waals surface area contributed by atoms with E-state index in [9.17, 15) is 13.2 Å². The Morgan fingerprint density at radius 2 is 1.48 bits per heavy atom. The van der Waals surface area contributed by atoms with Crippen LogP contribution in [-0.2, 0) is 27.8 Å². The van der Waals surface area contributed by atoms with Crippen molar-refractivity contribution in [1.29, 1.82) is 0 Å². The van der Waals surface area contributed by atoms with Gasteiger partial charge in [0.2, 0.25) is 10.0 Å². The summed E-state index contributed by atoms with van der Waals surface area (Å²) in [4.78, 5) is 12.5. The van der Waals surface area contributed by atoms with Gasteiger partial charge in [-0.1, -0.05) is 66.7 Å². The molecule has 3 aromatic carbocycles. The third kappa shape index (κ3) is 5.93. The third-order valence-corrected chi connectivity index (χ3v) is 6.69. The summed E-state index contributed by atoms with van der Waals surface area (Å²) in [6.07, 6.45) is 0.703. The van der Waals surface area contributed by atoms with Crippen LogP contribution in [0.15, 0.2) is 83.8 Å². The van der Waals surface area contributed by atoms with Gasteiger partial charge in [0.1, 0.15) is 5.75 Å². The Bertz CT molecular complexity index is 1130. The third-order valence-electron chi connectivity index (χ3n) is 4.78. The largest absolute Gasteiger partial charge is 0.483 e. The zero-order valence-electron chi connectivity index (χ0n) is 17.6. The lowest BCUT2D eigenvalue weighted by Crippen LogP contribution is -2.30. The second-order valence-electron chi connectivity index (χ2n) is 7.23. The number of carbonyl (C=O) groups is 1. The van der Waals surface area contributed by atoms with Gasteiger partial charge < -0.3 is 10.1 Å². The highest BCUT2D eigenvalue weighted by Gasteiger charge is 2.20. The molecule has 31 heavy (non-hydrogen) atoms. The van der Waals surface area contributed by atoms with Crippen molar-refractivity contribution in [3.05, 3.63) is 95.6 Å². The van der Waals surface area contributed by atoms with Crippen LogP contribution in [0.4, 0.5) is 0 Å². The predicted molar refractivity (Wildman–Crippen MR) is 120 cm³/mol. The van der Waals surface area contributed by atoms with E-state index in [2.05, 4.69) is 5.32 Å². The molecule has 0 atom stereocenters. The molecule has 3 rings (SSSR count). The Morgan fingerprint density at radius 1 is 0.871 bits per heavy atom. The van der Waals surface area contributed by atoms with E-state index in [0.29, 0.717) is 17.7 Å². The van der Waals surface area contributed by atoms with Gasteiger partial charge in [-0.25, -0.2) is 12.7 Å². The average molecular weight is 439 g/mol. The topological polar surface area (TPSA) is 75.7 Å². The number of para-hydroxylation sites is 1. The molecule has 0 aliphatic heterocycles. The van der Waals surface area contributed by atoms with Crippen molar-refractivity contribution in [2.24, 2.45) is 0 Å². The highest BCUT2D eigenvalue weighted by atomic mass is 32.2. The van der Waals surface area contributed by atoms with Crippen LogP contribution in [0.25, 0.3) is 0 Å². The maximum atomic E-state index is 12.5. The van der Waals surface area contributed by atoms with Gasteiger partial charge in [0.05, 0.1) is 4.90 Å². The number of hydrogen-bond acceptors (Lipinski definition) is 4. The molecule has 1 N–H and O–H groups in total. The Labute approximate surface area is 183 Å². The summed E-state index contributed by atoms with van der Waals surface area (Å²) in [6.45, 7) is -0.0640. The minimum absolute atomic E-state index is 0.0943. The predicted octanol–water partition coefficient (Wildman–Crippen LogP) is 3.22. The number of rotatable bonds is 9. The van der Waals surface area contributed by atoms with Crippen LogP contribution in [0.5, 0.6) is 5.75 Å². The minimum Gasteiger partial charge on any atom is -0.483 e. The zero-order valence-corrected chi connectivity index (χ0v) is 18.4. The average Bonchev–Trinajstić information content (AvgIpc) is 2.78. The van der Waals surface area contributed by atoms with Gasteiger partial charge in [-0.05, 0) is 28.8 Å². The summed E-state index contributed by atoms with van der Waals surface area (Å²) in [6, 6.07) is 24.3. The van der Waals surface area contributed by atoms with Crippen molar-refractivity contribution >= 4 is 15.9 Å². The highest BCUT2D eigenvalue weighted by molar-refractivity contribution is 7.89. The maximum Gasteiger partial charge on any atom is 0.258 e. The van der Waals surface area contributed by atoms with Gasteiger partial charge in [0, 0.05) is 27.1 Å². The lowest BCUT2D eigenvalue weighted by atomic mass is 10.0. The zero-order chi connectivity index (χ0) is 22.3. The van der Waals surface area contributed by atoms with Crippen molar-refractivity contribution in [2.75, 3.05) is 20.7 Å². The molecule has 0 heterocycles. The molecule has 0 bridgehead atoms. The summed E-state index contributed by atoms with van der Waals surface area (Å²) in [5.41, 5.74) is 2.67. The van der Waals surface area contributed by atoms with E-state index in [1.54, 1.807) is 18.2 Å². The lowest BCUT2D eigenvalue weighted by Gasteiger charge is -2.16. The molecule has 0 aliphatic rings. The standard InChI is InChI=1S/C24H26N2O4S/c1-26(2)31(28,29)23-15-9-7-13-21(23)17-25-24(27)18-30-22-14-8-6-12-20(22)16-19-10-4-3-5-11-19/h3-15H,16-18H2,1-2H3,(H,25,27). The van der Waals surface area contributed by atoms with E-state index in [4.69, 9.17) is 4.74 Å². The molecule has 0 aromatic heterocycles. The number of ether oxygens (including phenoxy) is 1. The van der Waals surface area contributed by atoms with E-state index >= 15 is 0 Å². The van der Waals surface area contributed by atoms with Gasteiger partial charge in [-0.2, -0.15) is 0 Å². The van der Waals surface area contributed by atoms with Crippen molar-refractivity contribution in [3.63, 3.8) is 0 Å². The Balaban J connectivity index is 1.62. The highest BCUT2D eigenvalue weighted by Crippen LogP contribution is 2.21. The first-order valence-electron chi connectivity index (χ1n) is 9.89. The molecular weight excluding hydrogens is 412 g/mol. The first-order chi connectivity index (χ1) is 14.9. The van der Waals surface area contributed by atoms with Crippen LogP contribution in [0.1, 0.15) is 16.7 Å². The normalized spacial score (nSPS) is 11.3. The van der Waals surface area contributed by atoms with Gasteiger partial charge in [-0.15, -0.1) is 0 Å². The Morgan fingerprint density at radius 3 is 2.19 bits per heavy atom. The number of nitrogens with one attached hydrogen (secondary N) is 1. The van der Waals surface area contributed by atoms with E-state index < -0.39 is 10.0 Å². The number of carbonyl (C=O) groups excluding carboxylic acids is 1. The molecule has 7 heteroatoms. The molecule has 6 nitrogen and oxygen atoms in total. The molecule has 1 amide bonds. The molecule has 0 saturated carbocycles. The lowest BCUT2D eigenvalue weighted by molar-refractivity contribution is -0.123. The van der Waals surface area contributed by atoms with Crippen molar-refractivity contribution in [1.82, 2.24) is 9.62 Å². The molecule has 0 radical (unpaired) electrons. The van der Waals surface area contributed by atoms with Crippen LogP contribution < -0.4 is 10.1 Å². The van der Waals surface area contributed by atoms with Crippen LogP contribution in [-0.4, -0.2) is 39.3 Å². The van der Waals surface area contributed by atoms with E-state index in [0.717, 1.165) is 15.4 Å². The second kappa shape index (κ2) is 10.2. The van der Waals surface area contributed by atoms with Gasteiger partial charge in [-0.3, -0.25) is 4.79 Å². The molecule has 0 aliphatic carbocycles. The maximum absolute atomic E-state index is 12.5. The first kappa shape index (κ1) is 22.5. The molecule has 0 spiro atoms. The molecule has 0 saturated heterocycles. The number of amides is 1. The summed E-state index contributed by atoms with van der Waals surface area (Å²) in [5.74, 6) is 0.323. The Hall–Kier alpha value is -3.16. The number of benzene rings is 3. The van der Waals surface area contributed by atoms with Crippen LogP contribution in [0.3, 0.4) is 0 Å². The fourth-order valence-electron chi connectivity index (χ4n) is 3.09. The number of hydrogen-bond donors (Lipinski definition) is 1. The molecule has 3 aromatic rings. The molecule has 0 fully saturated rings. The second-order valence-corrected chi connectivity index (χ2v) is 9.35. The summed E-state index contributed by atoms with van der Waals surface area (Å²) >= 11 is 0. The number of sulfonamides is 1. The first-order valence-corrected chi connectivity index (χ1v) is 11.3. The van der Waals surface area contributed by atoms with Crippen molar-refractivity contribution in [2.45, 2.75) is 17.9 Å². The van der Waals surface area contributed by atoms with Gasteiger partial charge >= 0.3 is 0 Å². The molecule has 0 unspecified atom stereocenters. The van der Waals surface area contributed by atoms with Crippen molar-refractivity contribution in [3.8, 4) is 5.75 Å². The summed E-state index contributed by atoms with van der Waals surface area (Å²) in [5, 5.41) is 2.74.